The summed E-state index contributed by atoms with van der Waals surface area (Å²) in [4.78, 5) is 43.2. The Morgan fingerprint density at radius 3 is 1.73 bits per heavy atom. The predicted octanol–water partition coefficient (Wildman–Crippen LogP) is 8.03. The molecule has 2 atom stereocenters. The third kappa shape index (κ3) is 7.77. The van der Waals surface area contributed by atoms with Crippen LogP contribution in [0.2, 0.25) is 0 Å². The van der Waals surface area contributed by atoms with Crippen molar-refractivity contribution in [3.05, 3.63) is 131 Å². The minimum absolute atomic E-state index is 0.0195. The molecule has 0 heterocycles. The van der Waals surface area contributed by atoms with Gasteiger partial charge in [-0.2, -0.15) is 17.6 Å². The fraction of sp³-hybridized carbons (Fsp3) is 0.194. The Morgan fingerprint density at radius 1 is 0.778 bits per heavy atom. The average molecular weight is 683 g/mol. The maximum Gasteiger partial charge on any atom is 0.442 e. The summed E-state index contributed by atoms with van der Waals surface area (Å²) >= 11 is 1.48. The van der Waals surface area contributed by atoms with Gasteiger partial charge in [-0.1, -0.05) is 78.9 Å². The highest BCUT2D eigenvalue weighted by molar-refractivity contribution is 7.98. The zero-order chi connectivity index (χ0) is 33.0. The molecule has 4 aromatic carbocycles. The van der Waals surface area contributed by atoms with E-state index in [-0.39, 0.29) is 24.4 Å². The van der Waals surface area contributed by atoms with Crippen LogP contribution in [0, 0.1) is 0 Å². The molecule has 0 aliphatic carbocycles. The van der Waals surface area contributed by atoms with Gasteiger partial charge in [-0.15, -0.1) is 11.8 Å². The molecule has 7 nitrogen and oxygen atoms in total. The summed E-state index contributed by atoms with van der Waals surface area (Å²) in [5.41, 5.74) is -4.80. The Morgan fingerprint density at radius 2 is 1.27 bits per heavy atom. The second-order valence-electron chi connectivity index (χ2n) is 10.2. The molecule has 0 saturated heterocycles. The number of alkyl halides is 4. The molecule has 45 heavy (non-hydrogen) atoms. The van der Waals surface area contributed by atoms with Crippen LogP contribution in [0.15, 0.2) is 108 Å². The average Bonchev–Trinajstić information content (AvgIpc) is 3.01. The molecule has 0 bridgehead atoms. The van der Waals surface area contributed by atoms with Gasteiger partial charge in [0, 0.05) is 16.0 Å². The van der Waals surface area contributed by atoms with Crippen molar-refractivity contribution in [1.82, 2.24) is 0 Å². The summed E-state index contributed by atoms with van der Waals surface area (Å²) in [7, 11) is -11.0. The monoisotopic (exact) mass is 682 g/mol. The molecule has 0 aliphatic heterocycles. The molecule has 0 fully saturated rings. The Kier molecular flexibility index (Phi) is 10.5. The highest BCUT2D eigenvalue weighted by atomic mass is 32.2. The largest absolute Gasteiger partial charge is 0.442 e. The van der Waals surface area contributed by atoms with E-state index in [4.69, 9.17) is 9.79 Å². The molecule has 0 aliphatic rings. The van der Waals surface area contributed by atoms with Crippen LogP contribution < -0.4 is 4.52 Å². The molecular weight excluding hydrogens is 654 g/mol. The van der Waals surface area contributed by atoms with E-state index >= 15 is 0 Å². The molecule has 3 N–H and O–H groups in total. The molecule has 4 rings (SSSR count). The lowest BCUT2D eigenvalue weighted by Crippen LogP contribution is -2.40. The SMILES string of the molecule is CSc1ccc(C(Cc2ccc(OP(=O)(O)C(F)F)cc2)(Cc2ccc(C(F)(F)P(=O)(O)O)cc2)C(=O)c2ccccc2)cc1. The summed E-state index contributed by atoms with van der Waals surface area (Å²) in [6.45, 7) is 0. The fourth-order valence-corrected chi connectivity index (χ4v) is 6.28. The summed E-state index contributed by atoms with van der Waals surface area (Å²) < 4.78 is 82.2. The molecule has 238 valence electrons. The Bertz CT molecular complexity index is 1720. The lowest BCUT2D eigenvalue weighted by Gasteiger charge is -2.34. The van der Waals surface area contributed by atoms with Crippen molar-refractivity contribution in [3.8, 4) is 5.75 Å². The Hall–Kier alpha value is -3.24. The van der Waals surface area contributed by atoms with Gasteiger partial charge >= 0.3 is 27.0 Å². The van der Waals surface area contributed by atoms with Crippen LogP contribution in [0.3, 0.4) is 0 Å². The van der Waals surface area contributed by atoms with Crippen molar-refractivity contribution in [2.45, 2.75) is 35.0 Å². The highest BCUT2D eigenvalue weighted by Gasteiger charge is 2.50. The van der Waals surface area contributed by atoms with Crippen molar-refractivity contribution < 1.29 is 50.7 Å². The van der Waals surface area contributed by atoms with E-state index in [1.807, 2.05) is 18.4 Å². The lowest BCUT2D eigenvalue weighted by atomic mass is 9.67. The lowest BCUT2D eigenvalue weighted by molar-refractivity contribution is 0.0564. The number of hydrogen-bond donors (Lipinski definition) is 3. The van der Waals surface area contributed by atoms with Crippen molar-refractivity contribution in [2.75, 3.05) is 6.26 Å². The van der Waals surface area contributed by atoms with Crippen LogP contribution in [0.25, 0.3) is 0 Å². The molecule has 0 radical (unpaired) electrons. The topological polar surface area (TPSA) is 121 Å². The van der Waals surface area contributed by atoms with Crippen molar-refractivity contribution in [3.63, 3.8) is 0 Å². The summed E-state index contributed by atoms with van der Waals surface area (Å²) in [5.74, 6) is -0.599. The molecule has 0 saturated carbocycles. The number of hydrogen-bond acceptors (Lipinski definition) is 5. The van der Waals surface area contributed by atoms with Crippen LogP contribution >= 0.6 is 27.0 Å². The number of ketones is 1. The minimum atomic E-state index is -5.80. The molecule has 14 heteroatoms. The van der Waals surface area contributed by atoms with E-state index in [1.54, 1.807) is 42.5 Å². The molecule has 4 aromatic rings. The van der Waals surface area contributed by atoms with Crippen molar-refractivity contribution in [1.29, 1.82) is 0 Å². The van der Waals surface area contributed by atoms with E-state index < -0.39 is 38.0 Å². The number of rotatable bonds is 13. The first-order valence-electron chi connectivity index (χ1n) is 13.3. The van der Waals surface area contributed by atoms with Gasteiger partial charge in [0.25, 0.3) is 0 Å². The van der Waals surface area contributed by atoms with Gasteiger partial charge in [-0.05, 0) is 60.1 Å². The van der Waals surface area contributed by atoms with Crippen LogP contribution in [0.5, 0.6) is 5.75 Å². The van der Waals surface area contributed by atoms with Crippen LogP contribution in [-0.4, -0.2) is 32.9 Å². The minimum Gasteiger partial charge on any atom is -0.421 e. The number of benzene rings is 4. The fourth-order valence-electron chi connectivity index (χ4n) is 4.88. The first kappa shape index (κ1) is 34.6. The van der Waals surface area contributed by atoms with Crippen molar-refractivity contribution in [2.24, 2.45) is 0 Å². The zero-order valence-corrected chi connectivity index (χ0v) is 26.2. The normalized spacial score (nSPS) is 14.9. The van der Waals surface area contributed by atoms with E-state index in [0.29, 0.717) is 22.3 Å². The highest BCUT2D eigenvalue weighted by Crippen LogP contribution is 2.59. The maximum absolute atomic E-state index is 14.5. The van der Waals surface area contributed by atoms with E-state index in [0.717, 1.165) is 17.0 Å². The van der Waals surface area contributed by atoms with Gasteiger partial charge in [0.1, 0.15) is 5.75 Å². The van der Waals surface area contributed by atoms with Crippen molar-refractivity contribution >= 4 is 32.7 Å². The number of thioether (sulfide) groups is 1. The van der Waals surface area contributed by atoms with Crippen LogP contribution in [-0.2, 0) is 33.1 Å². The van der Waals surface area contributed by atoms with Gasteiger partial charge < -0.3 is 19.2 Å². The van der Waals surface area contributed by atoms with Gasteiger partial charge in [-0.3, -0.25) is 9.36 Å². The molecule has 0 spiro atoms. The number of carbonyl (C=O) groups is 1. The first-order chi connectivity index (χ1) is 21.1. The second-order valence-corrected chi connectivity index (χ2v) is 14.4. The van der Waals surface area contributed by atoms with E-state index in [1.165, 1.54) is 48.2 Å². The zero-order valence-electron chi connectivity index (χ0n) is 23.6. The van der Waals surface area contributed by atoms with Gasteiger partial charge in [0.2, 0.25) is 0 Å². The third-order valence-electron chi connectivity index (χ3n) is 7.20. The van der Waals surface area contributed by atoms with E-state index in [9.17, 15) is 36.4 Å². The standard InChI is InChI=1S/C31H28F4O7P2S/c1-45-27-17-13-24(14-18-27)30(28(36)23-5-3-2-4-6-23,19-21-7-11-25(12-8-21)31(34,35)44(39,40)41)20-22-9-15-26(16-10-22)42-43(37,38)29(32)33/h2-18,29H,19-20H2,1H3,(H,37,38)(H2,39,40,41). The smallest absolute Gasteiger partial charge is 0.421 e. The van der Waals surface area contributed by atoms with Gasteiger partial charge in [0.05, 0.1) is 5.41 Å². The third-order valence-corrected chi connectivity index (χ3v) is 9.90. The van der Waals surface area contributed by atoms with Gasteiger partial charge in [0.15, 0.2) is 5.78 Å². The number of Topliss-reactive ketones (excluding diaryl/α,β-unsaturated/α-hetero) is 1. The van der Waals surface area contributed by atoms with Crippen LogP contribution in [0.4, 0.5) is 17.6 Å². The second kappa shape index (κ2) is 13.6. The predicted molar refractivity (Wildman–Crippen MR) is 163 cm³/mol. The maximum atomic E-state index is 14.5. The van der Waals surface area contributed by atoms with Gasteiger partial charge in [-0.25, -0.2) is 4.57 Å². The molecule has 2 unspecified atom stereocenters. The number of halogens is 4. The summed E-state index contributed by atoms with van der Waals surface area (Å²) in [5, 5.41) is 0. The van der Waals surface area contributed by atoms with Crippen LogP contribution in [0.1, 0.15) is 32.6 Å². The molecular formula is C31H28F4O7P2S. The Balaban J connectivity index is 1.84. The van der Waals surface area contributed by atoms with E-state index in [2.05, 4.69) is 4.52 Å². The molecule has 0 amide bonds. The Labute approximate surface area is 261 Å². The summed E-state index contributed by atoms with van der Waals surface area (Å²) in [6, 6.07) is 25.4. The molecule has 0 aromatic heterocycles. The number of carbonyl (C=O) groups excluding carboxylic acids is 1. The quantitative estimate of drug-likeness (QED) is 0.0561. The summed E-state index contributed by atoms with van der Waals surface area (Å²) in [6.07, 6.45) is -1.73. The first-order valence-corrected chi connectivity index (χ1v) is 17.7.